The van der Waals surface area contributed by atoms with Crippen LogP contribution >= 0.6 is 11.6 Å². The SMILES string of the molecule is O=S(=O)(Cc1ccc(Cl)cc1)N1CCc2ccccc2C1c1cccnc1. The number of fused-ring (bicyclic) bond motifs is 1. The first kappa shape index (κ1) is 18.2. The van der Waals surface area contributed by atoms with Gasteiger partial charge >= 0.3 is 0 Å². The summed E-state index contributed by atoms with van der Waals surface area (Å²) in [6, 6.07) is 18.4. The van der Waals surface area contributed by atoms with Gasteiger partial charge in [0.1, 0.15) is 0 Å². The van der Waals surface area contributed by atoms with E-state index in [1.807, 2.05) is 30.3 Å². The van der Waals surface area contributed by atoms with E-state index in [2.05, 4.69) is 11.1 Å². The first-order valence-electron chi connectivity index (χ1n) is 8.76. The van der Waals surface area contributed by atoms with Gasteiger partial charge in [-0.3, -0.25) is 4.98 Å². The van der Waals surface area contributed by atoms with E-state index in [0.29, 0.717) is 18.0 Å². The van der Waals surface area contributed by atoms with Gasteiger partial charge in [-0.05, 0) is 46.9 Å². The fourth-order valence-electron chi connectivity index (χ4n) is 3.60. The molecule has 0 saturated heterocycles. The average Bonchev–Trinajstić information content (AvgIpc) is 2.69. The Morgan fingerprint density at radius 1 is 1.04 bits per heavy atom. The lowest BCUT2D eigenvalue weighted by Gasteiger charge is -2.36. The molecule has 3 aromatic rings. The maximum atomic E-state index is 13.3. The molecule has 4 nitrogen and oxygen atoms in total. The van der Waals surface area contributed by atoms with Crippen LogP contribution in [-0.4, -0.2) is 24.3 Å². The van der Waals surface area contributed by atoms with Gasteiger partial charge in [-0.2, -0.15) is 4.31 Å². The van der Waals surface area contributed by atoms with Crippen molar-refractivity contribution in [3.8, 4) is 0 Å². The highest BCUT2D eigenvalue weighted by molar-refractivity contribution is 7.88. The van der Waals surface area contributed by atoms with E-state index >= 15 is 0 Å². The fourth-order valence-corrected chi connectivity index (χ4v) is 5.43. The Kier molecular flexibility index (Phi) is 5.00. The van der Waals surface area contributed by atoms with Gasteiger partial charge in [0.15, 0.2) is 0 Å². The van der Waals surface area contributed by atoms with Crippen molar-refractivity contribution in [2.75, 3.05) is 6.54 Å². The lowest BCUT2D eigenvalue weighted by molar-refractivity contribution is 0.343. The Labute approximate surface area is 164 Å². The van der Waals surface area contributed by atoms with Crippen LogP contribution in [0.3, 0.4) is 0 Å². The molecule has 0 radical (unpaired) electrons. The highest BCUT2D eigenvalue weighted by atomic mass is 35.5. The zero-order chi connectivity index (χ0) is 18.9. The molecule has 1 atom stereocenters. The molecule has 2 aromatic carbocycles. The second kappa shape index (κ2) is 7.43. The highest BCUT2D eigenvalue weighted by Crippen LogP contribution is 2.37. The van der Waals surface area contributed by atoms with E-state index in [0.717, 1.165) is 16.7 Å². The van der Waals surface area contributed by atoms with E-state index in [-0.39, 0.29) is 11.8 Å². The Morgan fingerprint density at radius 2 is 1.81 bits per heavy atom. The maximum Gasteiger partial charge on any atom is 0.219 e. The topological polar surface area (TPSA) is 50.3 Å². The van der Waals surface area contributed by atoms with Crippen molar-refractivity contribution in [1.29, 1.82) is 0 Å². The normalized spacial score (nSPS) is 17.4. The number of halogens is 1. The number of hydrogen-bond donors (Lipinski definition) is 0. The lowest BCUT2D eigenvalue weighted by atomic mass is 9.91. The minimum Gasteiger partial charge on any atom is -0.264 e. The molecule has 0 N–H and O–H groups in total. The molecule has 0 spiro atoms. The molecule has 138 valence electrons. The molecule has 4 rings (SSSR count). The third-order valence-electron chi connectivity index (χ3n) is 4.86. The van der Waals surface area contributed by atoms with E-state index in [1.165, 1.54) is 5.56 Å². The minimum atomic E-state index is -3.53. The van der Waals surface area contributed by atoms with Crippen molar-refractivity contribution >= 4 is 21.6 Å². The summed E-state index contributed by atoms with van der Waals surface area (Å²) in [4.78, 5) is 4.21. The van der Waals surface area contributed by atoms with Crippen LogP contribution in [0.1, 0.15) is 28.3 Å². The van der Waals surface area contributed by atoms with E-state index in [1.54, 1.807) is 41.0 Å². The van der Waals surface area contributed by atoms with Gasteiger partial charge < -0.3 is 0 Å². The number of sulfonamides is 1. The van der Waals surface area contributed by atoms with E-state index < -0.39 is 10.0 Å². The first-order chi connectivity index (χ1) is 13.0. The Hall–Kier alpha value is -2.21. The second-order valence-corrected chi connectivity index (χ2v) is 8.99. The smallest absolute Gasteiger partial charge is 0.219 e. The van der Waals surface area contributed by atoms with Gasteiger partial charge in [0.05, 0.1) is 11.8 Å². The summed E-state index contributed by atoms with van der Waals surface area (Å²) < 4.78 is 28.2. The number of pyridine rings is 1. The molecule has 0 saturated carbocycles. The number of benzene rings is 2. The van der Waals surface area contributed by atoms with Crippen LogP contribution < -0.4 is 0 Å². The van der Waals surface area contributed by atoms with Gasteiger partial charge in [0.25, 0.3) is 0 Å². The molecular weight excluding hydrogens is 380 g/mol. The molecule has 0 aliphatic carbocycles. The fraction of sp³-hybridized carbons (Fsp3) is 0.190. The third kappa shape index (κ3) is 3.76. The van der Waals surface area contributed by atoms with Gasteiger partial charge in [-0.25, -0.2) is 8.42 Å². The average molecular weight is 399 g/mol. The molecule has 0 amide bonds. The zero-order valence-electron chi connectivity index (χ0n) is 14.6. The van der Waals surface area contributed by atoms with Crippen molar-refractivity contribution in [1.82, 2.24) is 9.29 Å². The number of nitrogens with zero attached hydrogens (tertiary/aromatic N) is 2. The molecule has 1 aromatic heterocycles. The number of rotatable bonds is 4. The predicted molar refractivity (Wildman–Crippen MR) is 107 cm³/mol. The molecule has 0 bridgehead atoms. The lowest BCUT2D eigenvalue weighted by Crippen LogP contribution is -2.41. The van der Waals surface area contributed by atoms with E-state index in [4.69, 9.17) is 11.6 Å². The van der Waals surface area contributed by atoms with Gasteiger partial charge in [0.2, 0.25) is 10.0 Å². The largest absolute Gasteiger partial charge is 0.264 e. The second-order valence-electron chi connectivity index (χ2n) is 6.63. The van der Waals surface area contributed by atoms with Crippen LogP contribution in [0.2, 0.25) is 5.02 Å². The molecule has 1 aliphatic rings. The van der Waals surface area contributed by atoms with Crippen molar-refractivity contribution in [2.24, 2.45) is 0 Å². The summed E-state index contributed by atoms with van der Waals surface area (Å²) in [5.41, 5.74) is 3.81. The number of hydrogen-bond acceptors (Lipinski definition) is 3. The Bertz CT molecular complexity index is 1040. The van der Waals surface area contributed by atoms with Crippen LogP contribution in [0.5, 0.6) is 0 Å². The monoisotopic (exact) mass is 398 g/mol. The summed E-state index contributed by atoms with van der Waals surface area (Å²) in [6.45, 7) is 0.451. The Balaban J connectivity index is 1.75. The highest BCUT2D eigenvalue weighted by Gasteiger charge is 2.36. The molecule has 0 fully saturated rings. The molecule has 1 aliphatic heterocycles. The quantitative estimate of drug-likeness (QED) is 0.661. The molecule has 2 heterocycles. The minimum absolute atomic E-state index is 0.0525. The van der Waals surface area contributed by atoms with Gasteiger partial charge in [0, 0.05) is 24.0 Å². The first-order valence-corrected chi connectivity index (χ1v) is 10.7. The van der Waals surface area contributed by atoms with Crippen molar-refractivity contribution in [3.05, 3.63) is 100 Å². The van der Waals surface area contributed by atoms with Gasteiger partial charge in [-0.1, -0.05) is 54.1 Å². The molecule has 6 heteroatoms. The van der Waals surface area contributed by atoms with E-state index in [9.17, 15) is 8.42 Å². The Morgan fingerprint density at radius 3 is 2.56 bits per heavy atom. The summed E-state index contributed by atoms with van der Waals surface area (Å²) in [6.07, 6.45) is 4.15. The van der Waals surface area contributed by atoms with Crippen molar-refractivity contribution < 1.29 is 8.42 Å². The van der Waals surface area contributed by atoms with Crippen LogP contribution in [0, 0.1) is 0 Å². The zero-order valence-corrected chi connectivity index (χ0v) is 16.2. The number of aromatic nitrogens is 1. The summed E-state index contributed by atoms with van der Waals surface area (Å²) in [7, 11) is -3.53. The predicted octanol–water partition coefficient (Wildman–Crippen LogP) is 4.21. The van der Waals surface area contributed by atoms with Crippen LogP contribution in [0.15, 0.2) is 73.1 Å². The van der Waals surface area contributed by atoms with Gasteiger partial charge in [-0.15, -0.1) is 0 Å². The molecule has 1 unspecified atom stereocenters. The molecule has 27 heavy (non-hydrogen) atoms. The standard InChI is InChI=1S/C21H19ClN2O2S/c22-19-9-7-16(8-10-19)15-27(25,26)24-13-11-17-4-1-2-6-20(17)21(24)18-5-3-12-23-14-18/h1-10,12,14,21H,11,13,15H2. The van der Waals surface area contributed by atoms with Crippen molar-refractivity contribution in [3.63, 3.8) is 0 Å². The summed E-state index contributed by atoms with van der Waals surface area (Å²) >= 11 is 5.92. The maximum absolute atomic E-state index is 13.3. The molecular formula is C21H19ClN2O2S. The van der Waals surface area contributed by atoms with Crippen LogP contribution in [0.25, 0.3) is 0 Å². The third-order valence-corrected chi connectivity index (χ3v) is 6.92. The van der Waals surface area contributed by atoms with Crippen LogP contribution in [0.4, 0.5) is 0 Å². The van der Waals surface area contributed by atoms with Crippen molar-refractivity contribution in [2.45, 2.75) is 18.2 Å². The summed E-state index contributed by atoms with van der Waals surface area (Å²) in [5.74, 6) is -0.0525. The summed E-state index contributed by atoms with van der Waals surface area (Å²) in [5, 5.41) is 0.594. The van der Waals surface area contributed by atoms with Crippen LogP contribution in [-0.2, 0) is 22.2 Å².